The number of thiazole rings is 1. The molecule has 3 aromatic rings. The molecule has 7 heteroatoms. The molecule has 1 saturated heterocycles. The summed E-state index contributed by atoms with van der Waals surface area (Å²) in [5.74, 6) is 0.0240. The molecule has 0 unspecified atom stereocenters. The maximum Gasteiger partial charge on any atom is 0.231 e. The van der Waals surface area contributed by atoms with Crippen molar-refractivity contribution in [3.8, 4) is 11.3 Å². The number of amides is 1. The van der Waals surface area contributed by atoms with E-state index in [0.29, 0.717) is 11.7 Å². The van der Waals surface area contributed by atoms with Gasteiger partial charge in [-0.1, -0.05) is 12.1 Å². The number of nitrogens with zero attached hydrogens (tertiary/aromatic N) is 3. The summed E-state index contributed by atoms with van der Waals surface area (Å²) in [4.78, 5) is 17.5. The van der Waals surface area contributed by atoms with Crippen LogP contribution in [-0.4, -0.2) is 33.8 Å². The predicted molar refractivity (Wildman–Crippen MR) is 108 cm³/mol. The van der Waals surface area contributed by atoms with E-state index in [1.165, 1.54) is 22.5 Å². The number of carbonyl (C=O) groups is 1. The number of nitrogens with one attached hydrogen (secondary N) is 2. The molecule has 0 aliphatic carbocycles. The summed E-state index contributed by atoms with van der Waals surface area (Å²) in [5, 5.41) is 13.2. The van der Waals surface area contributed by atoms with Gasteiger partial charge in [0.05, 0.1) is 17.8 Å². The molecule has 1 aliphatic rings. The van der Waals surface area contributed by atoms with Crippen LogP contribution in [0.5, 0.6) is 0 Å². The third-order valence-corrected chi connectivity index (χ3v) is 6.00. The van der Waals surface area contributed by atoms with E-state index in [9.17, 15) is 4.79 Å². The van der Waals surface area contributed by atoms with E-state index in [-0.39, 0.29) is 17.7 Å². The van der Waals surface area contributed by atoms with Crippen LogP contribution in [0.3, 0.4) is 0 Å². The highest BCUT2D eigenvalue weighted by Gasteiger charge is 2.35. The number of hydrogen-bond donors (Lipinski definition) is 2. The highest BCUT2D eigenvalue weighted by molar-refractivity contribution is 7.14. The van der Waals surface area contributed by atoms with E-state index >= 15 is 0 Å². The fourth-order valence-electron chi connectivity index (χ4n) is 3.50. The number of aryl methyl sites for hydroxylation is 3. The highest BCUT2D eigenvalue weighted by Crippen LogP contribution is 2.30. The van der Waals surface area contributed by atoms with Gasteiger partial charge in [0.15, 0.2) is 5.13 Å². The summed E-state index contributed by atoms with van der Waals surface area (Å²) in [7, 11) is 1.89. The molecule has 1 aliphatic heterocycles. The Bertz CT molecular complexity index is 976. The fraction of sp³-hybridized carbons (Fsp3) is 0.350. The summed E-state index contributed by atoms with van der Waals surface area (Å²) in [5.41, 5.74) is 5.56. The van der Waals surface area contributed by atoms with Crippen LogP contribution < -0.4 is 10.6 Å². The van der Waals surface area contributed by atoms with Crippen molar-refractivity contribution in [3.05, 3.63) is 52.7 Å². The van der Waals surface area contributed by atoms with Gasteiger partial charge in [-0.3, -0.25) is 9.48 Å². The number of anilines is 1. The first-order valence-electron chi connectivity index (χ1n) is 9.04. The fourth-order valence-corrected chi connectivity index (χ4v) is 4.22. The van der Waals surface area contributed by atoms with E-state index in [4.69, 9.17) is 0 Å². The average Bonchev–Trinajstić information content (AvgIpc) is 3.37. The second kappa shape index (κ2) is 7.25. The third kappa shape index (κ3) is 3.65. The van der Waals surface area contributed by atoms with Crippen LogP contribution in [0.2, 0.25) is 0 Å². The second-order valence-electron chi connectivity index (χ2n) is 7.14. The first kappa shape index (κ1) is 17.9. The van der Waals surface area contributed by atoms with E-state index < -0.39 is 0 Å². The smallest absolute Gasteiger partial charge is 0.231 e. The van der Waals surface area contributed by atoms with Gasteiger partial charge in [0.25, 0.3) is 0 Å². The summed E-state index contributed by atoms with van der Waals surface area (Å²) < 4.78 is 1.78. The zero-order valence-electron chi connectivity index (χ0n) is 15.7. The molecule has 140 valence electrons. The highest BCUT2D eigenvalue weighted by atomic mass is 32.1. The van der Waals surface area contributed by atoms with Gasteiger partial charge in [-0.2, -0.15) is 5.10 Å². The first-order chi connectivity index (χ1) is 13.0. The first-order valence-corrected chi connectivity index (χ1v) is 9.92. The minimum atomic E-state index is -0.122. The van der Waals surface area contributed by atoms with Crippen LogP contribution >= 0.6 is 11.3 Å². The Morgan fingerprint density at radius 2 is 2.15 bits per heavy atom. The molecule has 1 aromatic carbocycles. The molecule has 27 heavy (non-hydrogen) atoms. The van der Waals surface area contributed by atoms with Crippen molar-refractivity contribution in [1.82, 2.24) is 20.1 Å². The summed E-state index contributed by atoms with van der Waals surface area (Å²) in [6, 6.07) is 6.31. The van der Waals surface area contributed by atoms with Crippen molar-refractivity contribution >= 4 is 22.4 Å². The van der Waals surface area contributed by atoms with Crippen LogP contribution in [0.4, 0.5) is 5.13 Å². The number of rotatable bonds is 4. The lowest BCUT2D eigenvalue weighted by atomic mass is 9.90. The van der Waals surface area contributed by atoms with Crippen molar-refractivity contribution in [1.29, 1.82) is 0 Å². The van der Waals surface area contributed by atoms with Crippen molar-refractivity contribution in [2.45, 2.75) is 19.8 Å². The molecule has 0 radical (unpaired) electrons. The van der Waals surface area contributed by atoms with Gasteiger partial charge in [0.1, 0.15) is 0 Å². The van der Waals surface area contributed by atoms with Gasteiger partial charge in [0, 0.05) is 43.2 Å². The maximum atomic E-state index is 12.8. The standard InChI is InChI=1S/C20H23N5OS/c1-12-4-5-14(6-13(12)2)18-11-27-20(23-18)24-19(26)17-9-21-8-16(17)15-7-22-25(3)10-15/h4-7,10-11,16-17,21H,8-9H2,1-3H3,(H,23,24,26)/t16-,17+/m1/s1. The average molecular weight is 382 g/mol. The monoisotopic (exact) mass is 381 g/mol. The van der Waals surface area contributed by atoms with Crippen LogP contribution in [0.1, 0.15) is 22.6 Å². The Morgan fingerprint density at radius 1 is 1.30 bits per heavy atom. The number of hydrogen-bond acceptors (Lipinski definition) is 5. The Kier molecular flexibility index (Phi) is 4.80. The normalized spacial score (nSPS) is 19.4. The van der Waals surface area contributed by atoms with Crippen molar-refractivity contribution in [2.24, 2.45) is 13.0 Å². The van der Waals surface area contributed by atoms with Gasteiger partial charge in [-0.25, -0.2) is 4.98 Å². The molecular formula is C20H23N5OS. The van der Waals surface area contributed by atoms with E-state index in [1.54, 1.807) is 4.68 Å². The lowest BCUT2D eigenvalue weighted by Gasteiger charge is -2.15. The quantitative estimate of drug-likeness (QED) is 0.728. The lowest BCUT2D eigenvalue weighted by molar-refractivity contribution is -0.119. The molecule has 2 atom stereocenters. The summed E-state index contributed by atoms with van der Waals surface area (Å²) in [6.07, 6.45) is 3.83. The Balaban J connectivity index is 1.48. The molecular weight excluding hydrogens is 358 g/mol. The Labute approximate surface area is 162 Å². The molecule has 2 N–H and O–H groups in total. The molecule has 2 aromatic heterocycles. The Morgan fingerprint density at radius 3 is 2.89 bits per heavy atom. The maximum absolute atomic E-state index is 12.8. The molecule has 3 heterocycles. The predicted octanol–water partition coefficient (Wildman–Crippen LogP) is 3.10. The second-order valence-corrected chi connectivity index (χ2v) is 8.00. The van der Waals surface area contributed by atoms with Gasteiger partial charge >= 0.3 is 0 Å². The SMILES string of the molecule is Cc1ccc(-c2csc(NC(=O)[C@H]3CNC[C@@H]3c3cnn(C)c3)n2)cc1C. The van der Waals surface area contributed by atoms with E-state index in [1.807, 2.05) is 24.8 Å². The topological polar surface area (TPSA) is 71.8 Å². The lowest BCUT2D eigenvalue weighted by Crippen LogP contribution is -2.28. The minimum absolute atomic E-state index is 0.00911. The number of carbonyl (C=O) groups excluding carboxylic acids is 1. The van der Waals surface area contributed by atoms with Crippen LogP contribution in [0, 0.1) is 19.8 Å². The zero-order valence-corrected chi connectivity index (χ0v) is 16.5. The van der Waals surface area contributed by atoms with Gasteiger partial charge in [-0.05, 0) is 36.6 Å². The van der Waals surface area contributed by atoms with Gasteiger partial charge in [-0.15, -0.1) is 11.3 Å². The minimum Gasteiger partial charge on any atom is -0.315 e. The van der Waals surface area contributed by atoms with Crippen LogP contribution in [-0.2, 0) is 11.8 Å². The zero-order chi connectivity index (χ0) is 19.0. The van der Waals surface area contributed by atoms with Crippen molar-refractivity contribution in [2.75, 3.05) is 18.4 Å². The molecule has 0 spiro atoms. The molecule has 0 saturated carbocycles. The molecule has 1 amide bonds. The van der Waals surface area contributed by atoms with Crippen LogP contribution in [0.25, 0.3) is 11.3 Å². The molecule has 6 nitrogen and oxygen atoms in total. The number of benzene rings is 1. The number of aromatic nitrogens is 3. The van der Waals surface area contributed by atoms with Gasteiger partial charge in [0.2, 0.25) is 5.91 Å². The van der Waals surface area contributed by atoms with E-state index in [2.05, 4.69) is 52.8 Å². The summed E-state index contributed by atoms with van der Waals surface area (Å²) in [6.45, 7) is 5.65. The molecule has 4 rings (SSSR count). The largest absolute Gasteiger partial charge is 0.315 e. The summed E-state index contributed by atoms with van der Waals surface area (Å²) >= 11 is 1.46. The van der Waals surface area contributed by atoms with Crippen LogP contribution in [0.15, 0.2) is 36.0 Å². The van der Waals surface area contributed by atoms with Crippen molar-refractivity contribution < 1.29 is 4.79 Å². The molecule has 0 bridgehead atoms. The molecule has 1 fully saturated rings. The third-order valence-electron chi connectivity index (χ3n) is 5.24. The van der Waals surface area contributed by atoms with E-state index in [0.717, 1.165) is 23.4 Å². The van der Waals surface area contributed by atoms with Crippen molar-refractivity contribution in [3.63, 3.8) is 0 Å². The Hall–Kier alpha value is -2.51. The van der Waals surface area contributed by atoms with Gasteiger partial charge < -0.3 is 10.6 Å².